The quantitative estimate of drug-likeness (QED) is 0.574. The zero-order chi connectivity index (χ0) is 12.3. The van der Waals surface area contributed by atoms with Crippen molar-refractivity contribution < 1.29 is 44.6 Å². The smallest absolute Gasteiger partial charge is 0.550 e. The van der Waals surface area contributed by atoms with Gasteiger partial charge in [0.25, 0.3) is 0 Å². The minimum absolute atomic E-state index is 0. The first-order valence-electron chi connectivity index (χ1n) is 5.82. The summed E-state index contributed by atoms with van der Waals surface area (Å²) >= 11 is 0. The van der Waals surface area contributed by atoms with Crippen LogP contribution in [-0.2, 0) is 11.3 Å². The summed E-state index contributed by atoms with van der Waals surface area (Å²) in [6.07, 6.45) is -0.280. The number of aliphatic hydroxyl groups excluding tert-OH is 1. The summed E-state index contributed by atoms with van der Waals surface area (Å²) in [6.45, 7) is 1.80. The molecule has 0 saturated carbocycles. The van der Waals surface area contributed by atoms with E-state index in [4.69, 9.17) is 0 Å². The monoisotopic (exact) mass is 257 g/mol. The van der Waals surface area contributed by atoms with Gasteiger partial charge in [-0.15, -0.1) is 0 Å². The van der Waals surface area contributed by atoms with Crippen molar-refractivity contribution in [1.29, 1.82) is 0 Å². The van der Waals surface area contributed by atoms with Crippen molar-refractivity contribution >= 4 is 5.97 Å². The van der Waals surface area contributed by atoms with Gasteiger partial charge in [0, 0.05) is 31.5 Å². The number of aliphatic hydroxyl groups is 1. The van der Waals surface area contributed by atoms with E-state index >= 15 is 0 Å². The van der Waals surface area contributed by atoms with Crippen LogP contribution in [0.15, 0.2) is 30.3 Å². The van der Waals surface area contributed by atoms with Gasteiger partial charge in [0.15, 0.2) is 0 Å². The normalized spacial score (nSPS) is 24.3. The van der Waals surface area contributed by atoms with Crippen LogP contribution in [-0.4, -0.2) is 35.2 Å². The topological polar surface area (TPSA) is 63.6 Å². The van der Waals surface area contributed by atoms with Crippen molar-refractivity contribution in [3.63, 3.8) is 0 Å². The SMILES string of the molecule is O=C([O-])[C@H]1CN(Cc2ccccc2)CC[C@H]1O.[Na+]. The van der Waals surface area contributed by atoms with Gasteiger partial charge in [0.05, 0.1) is 6.10 Å². The van der Waals surface area contributed by atoms with Crippen LogP contribution < -0.4 is 34.7 Å². The Morgan fingerprint density at radius 1 is 1.39 bits per heavy atom. The second-order valence-electron chi connectivity index (χ2n) is 4.50. The molecule has 1 aromatic rings. The van der Waals surface area contributed by atoms with Crippen molar-refractivity contribution in [2.75, 3.05) is 13.1 Å². The summed E-state index contributed by atoms with van der Waals surface area (Å²) in [5, 5.41) is 20.4. The Morgan fingerprint density at radius 2 is 2.06 bits per heavy atom. The molecule has 1 aliphatic heterocycles. The average Bonchev–Trinajstić information content (AvgIpc) is 2.32. The summed E-state index contributed by atoms with van der Waals surface area (Å²) < 4.78 is 0. The number of likely N-dealkylation sites (tertiary alicyclic amines) is 1. The molecule has 2 rings (SSSR count). The Morgan fingerprint density at radius 3 is 2.67 bits per heavy atom. The molecule has 0 aromatic heterocycles. The predicted octanol–water partition coefficient (Wildman–Crippen LogP) is -3.38. The van der Waals surface area contributed by atoms with Gasteiger partial charge in [0.2, 0.25) is 0 Å². The molecule has 1 aliphatic rings. The number of carbonyl (C=O) groups is 1. The van der Waals surface area contributed by atoms with Crippen molar-refractivity contribution in [3.8, 4) is 0 Å². The maximum Gasteiger partial charge on any atom is 1.00 e. The molecule has 5 heteroatoms. The van der Waals surface area contributed by atoms with Crippen LogP contribution in [0.3, 0.4) is 0 Å². The van der Waals surface area contributed by atoms with Gasteiger partial charge < -0.3 is 15.0 Å². The molecule has 0 unspecified atom stereocenters. The van der Waals surface area contributed by atoms with Gasteiger partial charge in [-0.05, 0) is 12.0 Å². The number of hydrogen-bond acceptors (Lipinski definition) is 4. The van der Waals surface area contributed by atoms with Crippen LogP contribution in [0.25, 0.3) is 0 Å². The molecule has 1 saturated heterocycles. The van der Waals surface area contributed by atoms with Crippen LogP contribution in [0.5, 0.6) is 0 Å². The zero-order valence-corrected chi connectivity index (χ0v) is 12.6. The molecule has 0 spiro atoms. The fraction of sp³-hybridized carbons (Fsp3) is 0.462. The number of aliphatic carboxylic acids is 1. The van der Waals surface area contributed by atoms with Gasteiger partial charge in [-0.1, -0.05) is 30.3 Å². The van der Waals surface area contributed by atoms with E-state index in [9.17, 15) is 15.0 Å². The summed E-state index contributed by atoms with van der Waals surface area (Å²) in [5.74, 6) is -1.93. The minimum Gasteiger partial charge on any atom is -0.550 e. The largest absolute Gasteiger partial charge is 1.00 e. The van der Waals surface area contributed by atoms with Gasteiger partial charge in [-0.2, -0.15) is 0 Å². The number of benzene rings is 1. The Labute approximate surface area is 129 Å². The number of carboxylic acid groups (broad SMARTS) is 1. The van der Waals surface area contributed by atoms with Crippen molar-refractivity contribution in [3.05, 3.63) is 35.9 Å². The van der Waals surface area contributed by atoms with E-state index in [-0.39, 0.29) is 29.6 Å². The van der Waals surface area contributed by atoms with Crippen LogP contribution in [0.4, 0.5) is 0 Å². The average molecular weight is 257 g/mol. The fourth-order valence-electron chi connectivity index (χ4n) is 2.22. The summed E-state index contributed by atoms with van der Waals surface area (Å²) in [7, 11) is 0. The number of carboxylic acids is 1. The van der Waals surface area contributed by atoms with Crippen LogP contribution in [0.1, 0.15) is 12.0 Å². The molecule has 1 fully saturated rings. The van der Waals surface area contributed by atoms with Gasteiger partial charge in [-0.25, -0.2) is 0 Å². The Bertz CT molecular complexity index is 385. The van der Waals surface area contributed by atoms with E-state index in [1.165, 1.54) is 0 Å². The third-order valence-corrected chi connectivity index (χ3v) is 3.21. The molecule has 18 heavy (non-hydrogen) atoms. The minimum atomic E-state index is -1.16. The molecule has 1 aromatic carbocycles. The maximum atomic E-state index is 10.9. The molecule has 1 heterocycles. The summed E-state index contributed by atoms with van der Waals surface area (Å²) in [4.78, 5) is 12.9. The molecule has 0 amide bonds. The molecule has 92 valence electrons. The number of nitrogens with zero attached hydrogens (tertiary/aromatic N) is 1. The van der Waals surface area contributed by atoms with E-state index in [1.807, 2.05) is 35.2 Å². The molecular weight excluding hydrogens is 241 g/mol. The number of rotatable bonds is 3. The molecule has 2 atom stereocenters. The molecule has 0 radical (unpaired) electrons. The zero-order valence-electron chi connectivity index (χ0n) is 10.6. The van der Waals surface area contributed by atoms with E-state index in [0.29, 0.717) is 13.0 Å². The third kappa shape index (κ3) is 4.07. The number of carbonyl (C=O) groups excluding carboxylic acids is 1. The standard InChI is InChI=1S/C13H17NO3.Na/c15-12-6-7-14(9-11(12)13(16)17)8-10-4-2-1-3-5-10;/h1-5,11-12,15H,6-9H2,(H,16,17);/q;+1/p-1/t11-,12+;/m0./s1. The Hall–Kier alpha value is -0.390. The summed E-state index contributed by atoms with van der Waals surface area (Å²) in [5.41, 5.74) is 1.15. The second-order valence-corrected chi connectivity index (χ2v) is 4.50. The first-order chi connectivity index (χ1) is 8.16. The van der Waals surface area contributed by atoms with E-state index < -0.39 is 18.0 Å². The Kier molecular flexibility index (Phi) is 6.32. The maximum absolute atomic E-state index is 10.9. The molecule has 0 aliphatic carbocycles. The van der Waals surface area contributed by atoms with Crippen LogP contribution in [0, 0.1) is 5.92 Å². The van der Waals surface area contributed by atoms with E-state index in [1.54, 1.807) is 0 Å². The summed E-state index contributed by atoms with van der Waals surface area (Å²) in [6, 6.07) is 9.90. The fourth-order valence-corrected chi connectivity index (χ4v) is 2.22. The van der Waals surface area contributed by atoms with Gasteiger partial charge in [-0.3, -0.25) is 4.90 Å². The first kappa shape index (κ1) is 15.7. The van der Waals surface area contributed by atoms with Crippen molar-refractivity contribution in [1.82, 2.24) is 4.90 Å². The first-order valence-corrected chi connectivity index (χ1v) is 5.82. The third-order valence-electron chi connectivity index (χ3n) is 3.21. The van der Waals surface area contributed by atoms with Crippen molar-refractivity contribution in [2.45, 2.75) is 19.1 Å². The molecular formula is C13H16NNaO3. The molecule has 4 nitrogen and oxygen atoms in total. The molecule has 1 N–H and O–H groups in total. The second kappa shape index (κ2) is 7.26. The predicted molar refractivity (Wildman–Crippen MR) is 60.8 cm³/mol. The van der Waals surface area contributed by atoms with Gasteiger partial charge >= 0.3 is 29.6 Å². The van der Waals surface area contributed by atoms with Gasteiger partial charge in [0.1, 0.15) is 0 Å². The molecule has 0 bridgehead atoms. The van der Waals surface area contributed by atoms with Crippen molar-refractivity contribution in [2.24, 2.45) is 5.92 Å². The van der Waals surface area contributed by atoms with Crippen LogP contribution >= 0.6 is 0 Å². The number of hydrogen-bond donors (Lipinski definition) is 1. The van der Waals surface area contributed by atoms with Crippen LogP contribution in [0.2, 0.25) is 0 Å². The Balaban J connectivity index is 0.00000162. The number of piperidine rings is 1. The van der Waals surface area contributed by atoms with E-state index in [0.717, 1.165) is 18.7 Å². The van der Waals surface area contributed by atoms with E-state index in [2.05, 4.69) is 0 Å².